The second kappa shape index (κ2) is 7.44. The number of rotatable bonds is 4. The third-order valence-corrected chi connectivity index (χ3v) is 5.79. The zero-order chi connectivity index (χ0) is 18.8. The van der Waals surface area contributed by atoms with Gasteiger partial charge in [-0.2, -0.15) is 5.10 Å². The fourth-order valence-electron chi connectivity index (χ4n) is 3.43. The maximum atomic E-state index is 12.9. The number of hydrogen-bond acceptors (Lipinski definition) is 5. The zero-order valence-electron chi connectivity index (χ0n) is 15.0. The van der Waals surface area contributed by atoms with Crippen LogP contribution in [0.2, 0.25) is 0 Å². The Morgan fingerprint density at radius 3 is 2.89 bits per heavy atom. The summed E-state index contributed by atoms with van der Waals surface area (Å²) in [5, 5.41) is 4.51. The van der Waals surface area contributed by atoms with E-state index in [1.54, 1.807) is 18.5 Å². The van der Waals surface area contributed by atoms with Crippen LogP contribution in [0.5, 0.6) is 0 Å². The standard InChI is InChI=1S/C20H20N4O2S/c1-14-6-8-18(27-14)20(26)23-11-3-5-16(23)13-24-19(25)9-7-17(22-24)15-4-2-10-21-12-15/h2,4,6-10,12,16H,3,5,11,13H2,1H3. The van der Waals surface area contributed by atoms with Crippen LogP contribution in [0.4, 0.5) is 0 Å². The lowest BCUT2D eigenvalue weighted by Crippen LogP contribution is -2.40. The molecular weight excluding hydrogens is 360 g/mol. The average Bonchev–Trinajstić information content (AvgIpc) is 3.33. The highest BCUT2D eigenvalue weighted by Gasteiger charge is 2.30. The number of amides is 1. The van der Waals surface area contributed by atoms with E-state index in [-0.39, 0.29) is 17.5 Å². The van der Waals surface area contributed by atoms with Gasteiger partial charge in [0.15, 0.2) is 0 Å². The Bertz CT molecular complexity index is 1010. The molecule has 1 unspecified atom stereocenters. The van der Waals surface area contributed by atoms with Crippen LogP contribution in [0, 0.1) is 6.92 Å². The number of nitrogens with zero attached hydrogens (tertiary/aromatic N) is 4. The van der Waals surface area contributed by atoms with E-state index in [2.05, 4.69) is 10.1 Å². The molecule has 0 spiro atoms. The van der Waals surface area contributed by atoms with E-state index in [4.69, 9.17) is 0 Å². The van der Waals surface area contributed by atoms with Crippen LogP contribution in [0.3, 0.4) is 0 Å². The van der Waals surface area contributed by atoms with E-state index < -0.39 is 0 Å². The van der Waals surface area contributed by atoms with Crippen molar-refractivity contribution in [2.24, 2.45) is 0 Å². The first kappa shape index (κ1) is 17.6. The summed E-state index contributed by atoms with van der Waals surface area (Å²) in [5.41, 5.74) is 1.40. The number of carbonyl (C=O) groups excluding carboxylic acids is 1. The molecule has 4 rings (SSSR count). The molecule has 27 heavy (non-hydrogen) atoms. The highest BCUT2D eigenvalue weighted by atomic mass is 32.1. The third-order valence-electron chi connectivity index (χ3n) is 4.80. The summed E-state index contributed by atoms with van der Waals surface area (Å²) in [7, 11) is 0. The summed E-state index contributed by atoms with van der Waals surface area (Å²) in [6.07, 6.45) is 5.24. The third kappa shape index (κ3) is 3.68. The van der Waals surface area contributed by atoms with Crippen molar-refractivity contribution in [2.75, 3.05) is 6.54 Å². The van der Waals surface area contributed by atoms with Gasteiger partial charge in [0, 0.05) is 35.4 Å². The molecule has 3 aromatic heterocycles. The molecule has 1 fully saturated rings. The van der Waals surface area contributed by atoms with Crippen molar-refractivity contribution in [3.8, 4) is 11.3 Å². The van der Waals surface area contributed by atoms with E-state index in [0.29, 0.717) is 12.2 Å². The van der Waals surface area contributed by atoms with Crippen LogP contribution < -0.4 is 5.56 Å². The van der Waals surface area contributed by atoms with Gasteiger partial charge in [0.05, 0.1) is 23.2 Å². The molecule has 1 atom stereocenters. The SMILES string of the molecule is Cc1ccc(C(=O)N2CCCC2Cn2nc(-c3cccnc3)ccc2=O)s1. The maximum Gasteiger partial charge on any atom is 0.266 e. The molecule has 0 radical (unpaired) electrons. The molecule has 0 aliphatic carbocycles. The predicted octanol–water partition coefficient (Wildman–Crippen LogP) is 2.98. The van der Waals surface area contributed by atoms with Crippen molar-refractivity contribution >= 4 is 17.2 Å². The molecule has 0 saturated carbocycles. The lowest BCUT2D eigenvalue weighted by Gasteiger charge is -2.24. The summed E-state index contributed by atoms with van der Waals surface area (Å²) in [6.45, 7) is 3.12. The molecule has 0 N–H and O–H groups in total. The number of aromatic nitrogens is 3. The molecule has 3 aromatic rings. The van der Waals surface area contributed by atoms with Gasteiger partial charge in [0.2, 0.25) is 0 Å². The Morgan fingerprint density at radius 1 is 1.26 bits per heavy atom. The summed E-state index contributed by atoms with van der Waals surface area (Å²) in [6, 6.07) is 10.8. The van der Waals surface area contributed by atoms with Crippen molar-refractivity contribution in [3.05, 3.63) is 68.9 Å². The number of thiophene rings is 1. The van der Waals surface area contributed by atoms with Crippen LogP contribution in [0.15, 0.2) is 53.6 Å². The minimum absolute atomic E-state index is 0.0192. The quantitative estimate of drug-likeness (QED) is 0.698. The number of aryl methyl sites for hydroxylation is 1. The second-order valence-electron chi connectivity index (χ2n) is 6.69. The van der Waals surface area contributed by atoms with Gasteiger partial charge in [-0.15, -0.1) is 11.3 Å². The fraction of sp³-hybridized carbons (Fsp3) is 0.300. The van der Waals surface area contributed by atoms with Gasteiger partial charge in [0.1, 0.15) is 0 Å². The molecular formula is C20H20N4O2S. The first-order valence-corrected chi connectivity index (χ1v) is 9.79. The number of likely N-dealkylation sites (tertiary alicyclic amines) is 1. The van der Waals surface area contributed by atoms with Gasteiger partial charge in [-0.1, -0.05) is 0 Å². The maximum absolute atomic E-state index is 12.9. The molecule has 6 nitrogen and oxygen atoms in total. The Morgan fingerprint density at radius 2 is 2.15 bits per heavy atom. The summed E-state index contributed by atoms with van der Waals surface area (Å²) < 4.78 is 1.47. The van der Waals surface area contributed by atoms with E-state index in [0.717, 1.165) is 34.7 Å². The summed E-state index contributed by atoms with van der Waals surface area (Å²) >= 11 is 1.51. The molecule has 0 bridgehead atoms. The predicted molar refractivity (Wildman–Crippen MR) is 105 cm³/mol. The molecule has 138 valence electrons. The van der Waals surface area contributed by atoms with Gasteiger partial charge in [-0.3, -0.25) is 14.6 Å². The highest BCUT2D eigenvalue weighted by Crippen LogP contribution is 2.24. The Labute approximate surface area is 161 Å². The fourth-order valence-corrected chi connectivity index (χ4v) is 4.26. The summed E-state index contributed by atoms with van der Waals surface area (Å²) in [5.74, 6) is 0.0482. The largest absolute Gasteiger partial charge is 0.333 e. The monoisotopic (exact) mass is 380 g/mol. The molecule has 1 aliphatic heterocycles. The molecule has 1 aliphatic rings. The first-order valence-electron chi connectivity index (χ1n) is 8.98. The number of carbonyl (C=O) groups is 1. The van der Waals surface area contributed by atoms with Gasteiger partial charge < -0.3 is 4.90 Å². The Hall–Kier alpha value is -2.80. The normalized spacial score (nSPS) is 16.6. The molecule has 0 aromatic carbocycles. The van der Waals surface area contributed by atoms with E-state index >= 15 is 0 Å². The van der Waals surface area contributed by atoms with Gasteiger partial charge in [0.25, 0.3) is 11.5 Å². The molecule has 1 amide bonds. The number of pyridine rings is 1. The second-order valence-corrected chi connectivity index (χ2v) is 7.97. The van der Waals surface area contributed by atoms with Crippen molar-refractivity contribution in [1.82, 2.24) is 19.7 Å². The van der Waals surface area contributed by atoms with Crippen molar-refractivity contribution in [3.63, 3.8) is 0 Å². The minimum Gasteiger partial charge on any atom is -0.333 e. The van der Waals surface area contributed by atoms with Gasteiger partial charge in [-0.05, 0) is 50.1 Å². The smallest absolute Gasteiger partial charge is 0.266 e. The van der Waals surface area contributed by atoms with Crippen LogP contribution in [0.25, 0.3) is 11.3 Å². The molecule has 7 heteroatoms. The van der Waals surface area contributed by atoms with Crippen molar-refractivity contribution < 1.29 is 4.79 Å². The van der Waals surface area contributed by atoms with Crippen LogP contribution in [-0.4, -0.2) is 38.2 Å². The van der Waals surface area contributed by atoms with E-state index in [1.165, 1.54) is 22.1 Å². The van der Waals surface area contributed by atoms with E-state index in [9.17, 15) is 9.59 Å². The number of hydrogen-bond donors (Lipinski definition) is 0. The van der Waals surface area contributed by atoms with Gasteiger partial charge in [-0.25, -0.2) is 4.68 Å². The first-order chi connectivity index (χ1) is 13.1. The zero-order valence-corrected chi connectivity index (χ0v) is 15.9. The van der Waals surface area contributed by atoms with E-state index in [1.807, 2.05) is 36.1 Å². The van der Waals surface area contributed by atoms with Crippen LogP contribution in [0.1, 0.15) is 27.4 Å². The van der Waals surface area contributed by atoms with Crippen LogP contribution >= 0.6 is 11.3 Å². The molecule has 1 saturated heterocycles. The lowest BCUT2D eigenvalue weighted by atomic mass is 10.2. The Balaban J connectivity index is 1.58. The topological polar surface area (TPSA) is 68.1 Å². The van der Waals surface area contributed by atoms with Crippen molar-refractivity contribution in [2.45, 2.75) is 32.4 Å². The highest BCUT2D eigenvalue weighted by molar-refractivity contribution is 7.13. The van der Waals surface area contributed by atoms with Crippen LogP contribution in [-0.2, 0) is 6.54 Å². The lowest BCUT2D eigenvalue weighted by molar-refractivity contribution is 0.0725. The Kier molecular flexibility index (Phi) is 4.85. The van der Waals surface area contributed by atoms with Gasteiger partial charge >= 0.3 is 0 Å². The van der Waals surface area contributed by atoms with Crippen molar-refractivity contribution in [1.29, 1.82) is 0 Å². The average molecular weight is 380 g/mol. The molecule has 4 heterocycles. The summed E-state index contributed by atoms with van der Waals surface area (Å²) in [4.78, 5) is 33.0. The minimum atomic E-state index is -0.158.